The SMILES string of the molecule is CCOC(=O)/C=C/c1cc(SCc2ccccc2)ccc1N.CCOC(=O)/C=C/c1cc(SCc2ccccc2)ccc1Nc1cc(Cl)c(Br)cc1OC.COc1cc(Br)c(Cl)cc1-n1c(=O)ccc2cc(SCc3ccccc3)ccc21.COc1cc(Br)c(Cl)cc1I.OPPF. The lowest BCUT2D eigenvalue weighted by molar-refractivity contribution is -0.138. The first-order valence-electron chi connectivity index (χ1n) is 29.5. The number of fused-ring (bicyclic) bond motifs is 1. The van der Waals surface area contributed by atoms with Crippen LogP contribution in [-0.4, -0.2) is 55.9 Å². The van der Waals surface area contributed by atoms with E-state index in [0.29, 0.717) is 55.6 Å². The summed E-state index contributed by atoms with van der Waals surface area (Å²) in [4.78, 5) is 46.9. The van der Waals surface area contributed by atoms with E-state index in [9.17, 15) is 18.6 Å². The normalized spacial score (nSPS) is 10.9. The minimum Gasteiger partial charge on any atom is -0.496 e. The number of esters is 2. The maximum absolute atomic E-state index is 12.7. The van der Waals surface area contributed by atoms with Crippen molar-refractivity contribution in [3.05, 3.63) is 277 Å². The number of nitrogens with two attached hydrogens (primary N) is 1. The maximum atomic E-state index is 12.7. The highest BCUT2D eigenvalue weighted by atomic mass is 127. The Labute approximate surface area is 640 Å². The van der Waals surface area contributed by atoms with Crippen LogP contribution in [0.5, 0.6) is 17.2 Å². The number of nitrogen functional groups attached to an aromatic ring is 1. The summed E-state index contributed by atoms with van der Waals surface area (Å²) in [5.74, 6) is 3.94. The molecule has 0 saturated carbocycles. The molecule has 0 amide bonds. The number of nitrogens with one attached hydrogen (secondary N) is 1. The maximum Gasteiger partial charge on any atom is 0.330 e. The predicted molar refractivity (Wildman–Crippen MR) is 433 cm³/mol. The molecule has 0 fully saturated rings. The number of aromatic nitrogens is 1. The highest BCUT2D eigenvalue weighted by Gasteiger charge is 2.16. The van der Waals surface area contributed by atoms with Gasteiger partial charge < -0.3 is 39.6 Å². The van der Waals surface area contributed by atoms with Gasteiger partial charge >= 0.3 is 11.9 Å². The molecule has 2 atom stereocenters. The molecule has 0 radical (unpaired) electrons. The number of methoxy groups -OCH3 is 3. The van der Waals surface area contributed by atoms with Crippen molar-refractivity contribution in [3.8, 4) is 22.9 Å². The average Bonchev–Trinajstić information content (AvgIpc) is 0.772. The first-order valence-corrected chi connectivity index (χ1v) is 39.8. The molecule has 1 heterocycles. The number of rotatable bonds is 22. The number of anilines is 3. The predicted octanol–water partition coefficient (Wildman–Crippen LogP) is 23.3. The second-order valence-corrected chi connectivity index (χ2v) is 29.6. The first kappa shape index (κ1) is 81.4. The molecule has 98 heavy (non-hydrogen) atoms. The van der Waals surface area contributed by atoms with Gasteiger partial charge in [-0.3, -0.25) is 9.36 Å². The van der Waals surface area contributed by atoms with Crippen molar-refractivity contribution in [2.75, 3.05) is 45.6 Å². The average molecular weight is 1780 g/mol. The summed E-state index contributed by atoms with van der Waals surface area (Å²) in [6.45, 7) is 4.26. The number of thioether (sulfide) groups is 3. The molecule has 25 heteroatoms. The third kappa shape index (κ3) is 26.8. The monoisotopic (exact) mass is 1770 g/mol. The Hall–Kier alpha value is -5.55. The summed E-state index contributed by atoms with van der Waals surface area (Å²) < 4.78 is 41.4. The Morgan fingerprint density at radius 1 is 0.571 bits per heavy atom. The Morgan fingerprint density at radius 3 is 1.51 bits per heavy atom. The summed E-state index contributed by atoms with van der Waals surface area (Å²) >= 11 is 36.0. The molecular weight excluding hydrogens is 1710 g/mol. The minimum atomic E-state index is -0.776. The number of carbonyl (C=O) groups is 2. The van der Waals surface area contributed by atoms with Crippen molar-refractivity contribution in [2.45, 2.75) is 45.8 Å². The van der Waals surface area contributed by atoms with Crippen molar-refractivity contribution in [3.63, 3.8) is 0 Å². The van der Waals surface area contributed by atoms with E-state index < -0.39 is 17.1 Å². The molecule has 0 spiro atoms. The molecule has 0 aliphatic rings. The van der Waals surface area contributed by atoms with Gasteiger partial charge in [0.25, 0.3) is 5.56 Å². The van der Waals surface area contributed by atoms with E-state index in [4.69, 9.17) is 69.1 Å². The summed E-state index contributed by atoms with van der Waals surface area (Å²) in [6, 6.07) is 63.2. The van der Waals surface area contributed by atoms with Crippen LogP contribution in [0.2, 0.25) is 15.1 Å². The fourth-order valence-electron chi connectivity index (χ4n) is 8.61. The number of benzene rings is 9. The zero-order valence-electron chi connectivity index (χ0n) is 53.3. The molecule has 2 unspecified atom stereocenters. The van der Waals surface area contributed by atoms with Crippen LogP contribution in [0, 0.1) is 3.57 Å². The largest absolute Gasteiger partial charge is 0.496 e. The van der Waals surface area contributed by atoms with Gasteiger partial charge in [0.1, 0.15) is 25.8 Å². The van der Waals surface area contributed by atoms with Crippen LogP contribution < -0.4 is 30.8 Å². The molecule has 0 bridgehead atoms. The van der Waals surface area contributed by atoms with E-state index in [2.05, 4.69) is 118 Å². The van der Waals surface area contributed by atoms with E-state index in [-0.39, 0.29) is 17.5 Å². The molecular formula is C73H67Br3Cl3FIN3O9P2S3. The second kappa shape index (κ2) is 44.0. The van der Waals surface area contributed by atoms with Gasteiger partial charge in [0.05, 0.1) is 78.6 Å². The lowest BCUT2D eigenvalue weighted by Crippen LogP contribution is -2.18. The lowest BCUT2D eigenvalue weighted by Gasteiger charge is -2.15. The molecule has 0 aliphatic heterocycles. The van der Waals surface area contributed by atoms with E-state index in [0.717, 1.165) is 83.6 Å². The quantitative estimate of drug-likeness (QED) is 0.0112. The molecule has 10 aromatic rings. The molecule has 0 saturated heterocycles. The van der Waals surface area contributed by atoms with Crippen molar-refractivity contribution in [2.24, 2.45) is 0 Å². The van der Waals surface area contributed by atoms with Gasteiger partial charge in [-0.05, 0) is 227 Å². The van der Waals surface area contributed by atoms with Crippen molar-refractivity contribution in [1.82, 2.24) is 4.57 Å². The number of pyridine rings is 1. The third-order valence-electron chi connectivity index (χ3n) is 13.3. The summed E-state index contributed by atoms with van der Waals surface area (Å²) in [7, 11) is 3.54. The number of nitrogens with zero attached hydrogens (tertiary/aromatic N) is 1. The smallest absolute Gasteiger partial charge is 0.330 e. The summed E-state index contributed by atoms with van der Waals surface area (Å²) in [6.07, 6.45) is 6.28. The standard InChI is InChI=1S/C25H23BrClNO3S.C23H17BrClNO2S.C18H19NO2S.C7H5BrClIO.FH3OP2/c1-3-31-25(29)12-9-18-13-19(32-16-17-7-5-4-6-8-17)10-11-22(18)28-23-15-21(27)20(26)14-24(23)30-2;1-28-22-12-18(24)19(25)13-21(22)26-20-9-8-17(11-16(20)7-10-23(26)27)29-14-15-5-3-2-4-6-15;1-2-21-18(20)11-8-15-12-16(9-10-17(15)19)22-13-14-6-4-3-5-7-14;1-11-7-2-4(8)5(9)3-6(7)10;1-3-4-2/h4-15,28H,3,16H2,1-2H3;2-13H,14H2,1H3;3-12H,2,13,19H2,1H3;2-3H,1H3;2-4H/b12-9+;;11-8+;;. The summed E-state index contributed by atoms with van der Waals surface area (Å²) in [5, 5.41) is 6.13. The number of ether oxygens (including phenoxy) is 5. The van der Waals surface area contributed by atoms with Gasteiger partial charge in [-0.1, -0.05) is 126 Å². The Kier molecular flexibility index (Phi) is 36.5. The highest BCUT2D eigenvalue weighted by molar-refractivity contribution is 14.1. The van der Waals surface area contributed by atoms with E-state index >= 15 is 0 Å². The topological polar surface area (TPSA) is 161 Å². The van der Waals surface area contributed by atoms with Gasteiger partial charge in [0.2, 0.25) is 0 Å². The zero-order chi connectivity index (χ0) is 70.9. The van der Waals surface area contributed by atoms with Crippen LogP contribution in [0.25, 0.3) is 28.7 Å². The van der Waals surface area contributed by atoms with Crippen LogP contribution in [0.1, 0.15) is 41.7 Å². The molecule has 1 aromatic heterocycles. The molecule has 512 valence electrons. The van der Waals surface area contributed by atoms with Crippen LogP contribution in [0.3, 0.4) is 0 Å². The minimum absolute atomic E-state index is 0.140. The lowest BCUT2D eigenvalue weighted by atomic mass is 10.1. The summed E-state index contributed by atoms with van der Waals surface area (Å²) in [5.41, 5.74) is 14.9. The highest BCUT2D eigenvalue weighted by Crippen LogP contribution is 2.40. The van der Waals surface area contributed by atoms with Crippen molar-refractivity contribution in [1.29, 1.82) is 0 Å². The Bertz CT molecular complexity index is 4370. The van der Waals surface area contributed by atoms with E-state index in [1.54, 1.807) is 111 Å². The van der Waals surface area contributed by atoms with E-state index in [1.807, 2.05) is 127 Å². The van der Waals surface area contributed by atoms with Gasteiger partial charge in [-0.2, -0.15) is 0 Å². The number of hydrogen-bond acceptors (Lipinski definition) is 14. The van der Waals surface area contributed by atoms with Crippen LogP contribution >= 0.6 is 158 Å². The van der Waals surface area contributed by atoms with Gasteiger partial charge in [0.15, 0.2) is 0 Å². The molecule has 9 aromatic carbocycles. The van der Waals surface area contributed by atoms with Crippen molar-refractivity contribution < 1.29 is 42.4 Å². The van der Waals surface area contributed by atoms with Crippen molar-refractivity contribution >= 4 is 210 Å². The Balaban J connectivity index is 0.000000212. The number of hydrogen-bond donors (Lipinski definition) is 3. The van der Waals surface area contributed by atoms with Gasteiger partial charge in [0, 0.05) is 75.0 Å². The molecule has 10 rings (SSSR count). The zero-order valence-corrected chi connectivity index (χ0v) is 66.9. The van der Waals surface area contributed by atoms with Crippen LogP contribution in [0.15, 0.2) is 239 Å². The number of halogens is 8. The fourth-order valence-corrected chi connectivity index (χ4v) is 13.6. The Morgan fingerprint density at radius 2 is 1.01 bits per heavy atom. The molecule has 12 nitrogen and oxygen atoms in total. The first-order chi connectivity index (χ1) is 47.3. The van der Waals surface area contributed by atoms with Gasteiger partial charge in [-0.25, -0.2) is 13.8 Å². The van der Waals surface area contributed by atoms with Gasteiger partial charge in [-0.15, -0.1) is 35.3 Å². The molecule has 0 aliphatic carbocycles. The molecule has 4 N–H and O–H groups in total. The van der Waals surface area contributed by atoms with E-state index in [1.165, 1.54) is 28.8 Å². The number of carbonyl (C=O) groups excluding carboxylic acids is 2. The van der Waals surface area contributed by atoms with Crippen LogP contribution in [-0.2, 0) is 36.3 Å². The third-order valence-corrected chi connectivity index (χ3v) is 21.2. The fraction of sp³-hybridized carbons (Fsp3) is 0.137. The van der Waals surface area contributed by atoms with Crippen LogP contribution in [0.4, 0.5) is 21.3 Å². The second-order valence-electron chi connectivity index (χ2n) is 19.9.